The second kappa shape index (κ2) is 7.50. The van der Waals surface area contributed by atoms with E-state index in [0.29, 0.717) is 0 Å². The summed E-state index contributed by atoms with van der Waals surface area (Å²) in [6, 6.07) is 1.82. The van der Waals surface area contributed by atoms with E-state index in [4.69, 9.17) is 4.74 Å². The fourth-order valence-electron chi connectivity index (χ4n) is 1.71. The molecule has 0 spiro atoms. The summed E-state index contributed by atoms with van der Waals surface area (Å²) in [4.78, 5) is 26.7. The minimum absolute atomic E-state index is 0.0255. The third-order valence-corrected chi connectivity index (χ3v) is 2.70. The lowest BCUT2D eigenvalue weighted by molar-refractivity contribution is -0.141. The van der Waals surface area contributed by atoms with Crippen molar-refractivity contribution in [3.63, 3.8) is 0 Å². The number of ether oxygens (including phenoxy) is 1. The molecule has 2 N–H and O–H groups in total. The molecule has 6 nitrogen and oxygen atoms in total. The molecule has 24 heavy (non-hydrogen) atoms. The first-order valence-electron chi connectivity index (χ1n) is 7.20. The van der Waals surface area contributed by atoms with E-state index in [2.05, 4.69) is 15.6 Å². The summed E-state index contributed by atoms with van der Waals surface area (Å²) in [5, 5.41) is 4.94. The summed E-state index contributed by atoms with van der Waals surface area (Å²) >= 11 is 0. The van der Waals surface area contributed by atoms with E-state index in [9.17, 15) is 22.8 Å². The van der Waals surface area contributed by atoms with Crippen LogP contribution in [0.1, 0.15) is 42.5 Å². The van der Waals surface area contributed by atoms with Crippen molar-refractivity contribution in [3.8, 4) is 0 Å². The van der Waals surface area contributed by atoms with Crippen molar-refractivity contribution in [2.75, 3.05) is 13.1 Å². The Kier molecular flexibility index (Phi) is 6.16. The van der Waals surface area contributed by atoms with Gasteiger partial charge in [-0.05, 0) is 39.8 Å². The molecular weight excluding hydrogens is 327 g/mol. The molecule has 0 aliphatic heterocycles. The normalized spacial score (nSPS) is 11.8. The summed E-state index contributed by atoms with van der Waals surface area (Å²) in [5.74, 6) is -0.570. The average molecular weight is 347 g/mol. The molecule has 0 radical (unpaired) electrons. The fourth-order valence-corrected chi connectivity index (χ4v) is 1.71. The summed E-state index contributed by atoms with van der Waals surface area (Å²) in [7, 11) is 0. The van der Waals surface area contributed by atoms with Crippen LogP contribution in [0.15, 0.2) is 12.1 Å². The van der Waals surface area contributed by atoms with Crippen LogP contribution in [0.5, 0.6) is 0 Å². The highest BCUT2D eigenvalue weighted by molar-refractivity contribution is 5.95. The summed E-state index contributed by atoms with van der Waals surface area (Å²) in [5.41, 5.74) is -1.66. The standard InChI is InChI=1S/C15H20F3N3O3/c1-9-10(5-6-11(21-9)15(16,17)18)12(22)19-7-8-20-13(23)24-14(2,3)4/h5-6H,7-8H2,1-4H3,(H,19,22)(H,20,23). The zero-order valence-corrected chi connectivity index (χ0v) is 13.9. The lowest BCUT2D eigenvalue weighted by atomic mass is 10.1. The Morgan fingerprint density at radius 1 is 1.12 bits per heavy atom. The monoisotopic (exact) mass is 347 g/mol. The first-order chi connectivity index (χ1) is 10.9. The average Bonchev–Trinajstić information content (AvgIpc) is 2.40. The molecule has 0 atom stereocenters. The summed E-state index contributed by atoms with van der Waals surface area (Å²) < 4.78 is 42.6. The van der Waals surface area contributed by atoms with Gasteiger partial charge >= 0.3 is 12.3 Å². The molecule has 0 unspecified atom stereocenters. The Morgan fingerprint density at radius 3 is 2.21 bits per heavy atom. The lowest BCUT2D eigenvalue weighted by Crippen LogP contribution is -2.38. The number of halogens is 3. The van der Waals surface area contributed by atoms with Crippen LogP contribution in [0.4, 0.5) is 18.0 Å². The van der Waals surface area contributed by atoms with Crippen molar-refractivity contribution >= 4 is 12.0 Å². The van der Waals surface area contributed by atoms with Crippen molar-refractivity contribution in [1.29, 1.82) is 0 Å². The number of hydrogen-bond donors (Lipinski definition) is 2. The molecular formula is C15H20F3N3O3. The SMILES string of the molecule is Cc1nc(C(F)(F)F)ccc1C(=O)NCCNC(=O)OC(C)(C)C. The highest BCUT2D eigenvalue weighted by atomic mass is 19.4. The molecule has 0 fully saturated rings. The Bertz CT molecular complexity index is 610. The number of alkyl halides is 3. The second-order valence-corrected chi connectivity index (χ2v) is 6.01. The van der Waals surface area contributed by atoms with Gasteiger partial charge in [0.1, 0.15) is 11.3 Å². The van der Waals surface area contributed by atoms with Gasteiger partial charge in [-0.15, -0.1) is 0 Å². The molecule has 0 saturated heterocycles. The maximum atomic E-state index is 12.5. The van der Waals surface area contributed by atoms with Crippen molar-refractivity contribution in [2.24, 2.45) is 0 Å². The highest BCUT2D eigenvalue weighted by Gasteiger charge is 2.33. The number of aryl methyl sites for hydroxylation is 1. The van der Waals surface area contributed by atoms with Crippen LogP contribution in [-0.4, -0.2) is 35.7 Å². The molecule has 1 rings (SSSR count). The number of amides is 2. The van der Waals surface area contributed by atoms with E-state index in [1.54, 1.807) is 20.8 Å². The number of carbonyl (C=O) groups excluding carboxylic acids is 2. The molecule has 1 aromatic heterocycles. The third kappa shape index (κ3) is 6.43. The number of rotatable bonds is 4. The molecule has 134 valence electrons. The van der Waals surface area contributed by atoms with Crippen LogP contribution in [0.2, 0.25) is 0 Å². The summed E-state index contributed by atoms with van der Waals surface area (Å²) in [6.45, 7) is 6.69. The largest absolute Gasteiger partial charge is 0.444 e. The van der Waals surface area contributed by atoms with Gasteiger partial charge in [-0.1, -0.05) is 0 Å². The predicted molar refractivity (Wildman–Crippen MR) is 80.5 cm³/mol. The first-order valence-corrected chi connectivity index (χ1v) is 7.20. The Hall–Kier alpha value is -2.32. The zero-order chi connectivity index (χ0) is 18.5. The second-order valence-electron chi connectivity index (χ2n) is 6.01. The van der Waals surface area contributed by atoms with Gasteiger partial charge < -0.3 is 15.4 Å². The molecule has 0 aliphatic carbocycles. The predicted octanol–water partition coefficient (Wildman–Crippen LogP) is 2.66. The van der Waals surface area contributed by atoms with E-state index in [0.717, 1.165) is 12.1 Å². The number of pyridine rings is 1. The van der Waals surface area contributed by atoms with E-state index in [1.165, 1.54) is 6.92 Å². The van der Waals surface area contributed by atoms with Crippen molar-refractivity contribution < 1.29 is 27.5 Å². The van der Waals surface area contributed by atoms with E-state index < -0.39 is 29.5 Å². The maximum absolute atomic E-state index is 12.5. The van der Waals surface area contributed by atoms with E-state index in [1.807, 2.05) is 0 Å². The molecule has 0 bridgehead atoms. The van der Waals surface area contributed by atoms with Gasteiger partial charge in [0.15, 0.2) is 0 Å². The Balaban J connectivity index is 2.51. The number of aromatic nitrogens is 1. The van der Waals surface area contributed by atoms with Crippen LogP contribution in [0.25, 0.3) is 0 Å². The van der Waals surface area contributed by atoms with Gasteiger partial charge in [0.25, 0.3) is 5.91 Å². The van der Waals surface area contributed by atoms with Gasteiger partial charge in [0.2, 0.25) is 0 Å². The Morgan fingerprint density at radius 2 is 1.71 bits per heavy atom. The van der Waals surface area contributed by atoms with Crippen LogP contribution in [0.3, 0.4) is 0 Å². The Labute approximate surface area is 137 Å². The van der Waals surface area contributed by atoms with E-state index >= 15 is 0 Å². The van der Waals surface area contributed by atoms with Gasteiger partial charge in [-0.25, -0.2) is 9.78 Å². The molecule has 1 heterocycles. The van der Waals surface area contributed by atoms with Crippen molar-refractivity contribution in [3.05, 3.63) is 29.1 Å². The van der Waals surface area contributed by atoms with Crippen LogP contribution in [0, 0.1) is 6.92 Å². The van der Waals surface area contributed by atoms with Gasteiger partial charge in [0, 0.05) is 13.1 Å². The topological polar surface area (TPSA) is 80.3 Å². The first kappa shape index (κ1) is 19.7. The quantitative estimate of drug-likeness (QED) is 0.821. The molecule has 0 aromatic carbocycles. The number of hydrogen-bond acceptors (Lipinski definition) is 4. The van der Waals surface area contributed by atoms with Crippen LogP contribution in [-0.2, 0) is 10.9 Å². The molecule has 0 saturated carbocycles. The number of alkyl carbamates (subject to hydrolysis) is 1. The fraction of sp³-hybridized carbons (Fsp3) is 0.533. The van der Waals surface area contributed by atoms with Gasteiger partial charge in [-0.2, -0.15) is 13.2 Å². The summed E-state index contributed by atoms with van der Waals surface area (Å²) in [6.07, 6.45) is -5.18. The molecule has 2 amide bonds. The van der Waals surface area contributed by atoms with E-state index in [-0.39, 0.29) is 24.3 Å². The minimum atomic E-state index is -4.56. The number of nitrogens with one attached hydrogen (secondary N) is 2. The molecule has 9 heteroatoms. The number of carbonyl (C=O) groups is 2. The van der Waals surface area contributed by atoms with Crippen molar-refractivity contribution in [2.45, 2.75) is 39.5 Å². The smallest absolute Gasteiger partial charge is 0.433 e. The van der Waals surface area contributed by atoms with Gasteiger partial charge in [-0.3, -0.25) is 4.79 Å². The molecule has 1 aromatic rings. The molecule has 0 aliphatic rings. The highest BCUT2D eigenvalue weighted by Crippen LogP contribution is 2.28. The van der Waals surface area contributed by atoms with Crippen LogP contribution < -0.4 is 10.6 Å². The lowest BCUT2D eigenvalue weighted by Gasteiger charge is -2.19. The third-order valence-electron chi connectivity index (χ3n) is 2.70. The maximum Gasteiger partial charge on any atom is 0.433 e. The number of nitrogens with zero attached hydrogens (tertiary/aromatic N) is 1. The minimum Gasteiger partial charge on any atom is -0.444 e. The van der Waals surface area contributed by atoms with Crippen LogP contribution >= 0.6 is 0 Å². The van der Waals surface area contributed by atoms with Gasteiger partial charge in [0.05, 0.1) is 11.3 Å². The zero-order valence-electron chi connectivity index (χ0n) is 13.9. The van der Waals surface area contributed by atoms with Crippen molar-refractivity contribution in [1.82, 2.24) is 15.6 Å².